The first-order valence-electron chi connectivity index (χ1n) is 6.43. The molecule has 0 bridgehead atoms. The highest BCUT2D eigenvalue weighted by atomic mass is 32.1. The molecule has 3 aromatic rings. The monoisotopic (exact) mass is 298 g/mol. The summed E-state index contributed by atoms with van der Waals surface area (Å²) in [6.07, 6.45) is 3.75. The number of nitrogens with two attached hydrogens (primary N) is 1. The molecular weight excluding hydrogens is 284 g/mol. The Morgan fingerprint density at radius 2 is 2.10 bits per heavy atom. The Kier molecular flexibility index (Phi) is 3.81. The Morgan fingerprint density at radius 1 is 1.29 bits per heavy atom. The molecule has 106 valence electrons. The highest BCUT2D eigenvalue weighted by Gasteiger charge is 2.08. The second-order valence-corrected chi connectivity index (χ2v) is 5.47. The minimum absolute atomic E-state index is 0.288. The average Bonchev–Trinajstić information content (AvgIpc) is 3.18. The summed E-state index contributed by atoms with van der Waals surface area (Å²) in [6.45, 7) is 0.706. The molecule has 1 aromatic carbocycles. The predicted octanol–water partition coefficient (Wildman–Crippen LogP) is 2.26. The van der Waals surface area contributed by atoms with Crippen LogP contribution < -0.4 is 11.3 Å². The highest BCUT2D eigenvalue weighted by Crippen LogP contribution is 2.23. The molecule has 0 radical (unpaired) electrons. The molecule has 0 spiro atoms. The van der Waals surface area contributed by atoms with Crippen LogP contribution in [0.4, 0.5) is 0 Å². The first-order chi connectivity index (χ1) is 10.3. The van der Waals surface area contributed by atoms with Crippen LogP contribution in [0, 0.1) is 0 Å². The van der Waals surface area contributed by atoms with Gasteiger partial charge in [0.2, 0.25) is 0 Å². The number of imidazole rings is 1. The topological polar surface area (TPSA) is 72.9 Å². The first kappa shape index (κ1) is 13.5. The number of amides is 1. The van der Waals surface area contributed by atoms with E-state index in [2.05, 4.69) is 21.0 Å². The number of benzene rings is 1. The molecule has 5 nitrogen and oxygen atoms in total. The van der Waals surface area contributed by atoms with Crippen molar-refractivity contribution in [1.29, 1.82) is 0 Å². The number of hydrazine groups is 1. The van der Waals surface area contributed by atoms with Crippen molar-refractivity contribution < 1.29 is 4.79 Å². The molecule has 6 heteroatoms. The fourth-order valence-corrected chi connectivity index (χ4v) is 2.85. The zero-order valence-corrected chi connectivity index (χ0v) is 12.0. The van der Waals surface area contributed by atoms with Crippen LogP contribution in [0.25, 0.3) is 10.7 Å². The van der Waals surface area contributed by atoms with E-state index in [-0.39, 0.29) is 5.91 Å². The Balaban J connectivity index is 1.82. The number of carbonyl (C=O) groups is 1. The molecule has 0 aliphatic heterocycles. The van der Waals surface area contributed by atoms with Gasteiger partial charge in [-0.1, -0.05) is 18.2 Å². The van der Waals surface area contributed by atoms with Crippen LogP contribution in [0.1, 0.15) is 15.9 Å². The van der Waals surface area contributed by atoms with Crippen LogP contribution in [-0.2, 0) is 6.54 Å². The maximum absolute atomic E-state index is 11.4. The molecule has 2 aromatic heterocycles. The molecule has 2 heterocycles. The molecule has 0 aliphatic rings. The zero-order valence-electron chi connectivity index (χ0n) is 11.2. The van der Waals surface area contributed by atoms with Crippen molar-refractivity contribution in [1.82, 2.24) is 15.0 Å². The van der Waals surface area contributed by atoms with Gasteiger partial charge in [0.15, 0.2) is 0 Å². The summed E-state index contributed by atoms with van der Waals surface area (Å²) in [7, 11) is 0. The van der Waals surface area contributed by atoms with E-state index in [0.29, 0.717) is 12.1 Å². The standard InChI is InChI=1S/C15H14N4OS/c16-18-15(20)12-5-3-11(4-6-12)10-19-8-7-17-14(19)13-2-1-9-21-13/h1-9H,10,16H2,(H,18,20). The van der Waals surface area contributed by atoms with Crippen molar-refractivity contribution in [3.05, 3.63) is 65.3 Å². The second kappa shape index (κ2) is 5.90. The van der Waals surface area contributed by atoms with Crippen molar-refractivity contribution in [3.63, 3.8) is 0 Å². The van der Waals surface area contributed by atoms with E-state index in [9.17, 15) is 4.79 Å². The molecule has 0 aliphatic carbocycles. The third-order valence-corrected chi connectivity index (χ3v) is 4.02. The lowest BCUT2D eigenvalue weighted by molar-refractivity contribution is 0.0953. The summed E-state index contributed by atoms with van der Waals surface area (Å²) in [6, 6.07) is 11.4. The van der Waals surface area contributed by atoms with Crippen molar-refractivity contribution >= 4 is 17.2 Å². The van der Waals surface area contributed by atoms with E-state index in [1.807, 2.05) is 29.8 Å². The molecule has 0 fully saturated rings. The minimum Gasteiger partial charge on any atom is -0.326 e. The number of rotatable bonds is 4. The Hall–Kier alpha value is -2.44. The van der Waals surface area contributed by atoms with Crippen LogP contribution in [0.3, 0.4) is 0 Å². The van der Waals surface area contributed by atoms with Crippen LogP contribution in [0.5, 0.6) is 0 Å². The quantitative estimate of drug-likeness (QED) is 0.441. The summed E-state index contributed by atoms with van der Waals surface area (Å²) in [4.78, 5) is 16.9. The molecule has 1 amide bonds. The third-order valence-electron chi connectivity index (χ3n) is 3.16. The van der Waals surface area contributed by atoms with Gasteiger partial charge in [0, 0.05) is 24.5 Å². The number of carbonyl (C=O) groups excluding carboxylic acids is 1. The number of hydrogen-bond acceptors (Lipinski definition) is 4. The van der Waals surface area contributed by atoms with Gasteiger partial charge in [-0.2, -0.15) is 0 Å². The maximum atomic E-state index is 11.4. The molecule has 0 atom stereocenters. The first-order valence-corrected chi connectivity index (χ1v) is 7.31. The van der Waals surface area contributed by atoms with Gasteiger partial charge in [-0.3, -0.25) is 10.2 Å². The third kappa shape index (κ3) is 2.86. The van der Waals surface area contributed by atoms with Gasteiger partial charge in [-0.25, -0.2) is 10.8 Å². The van der Waals surface area contributed by atoms with Gasteiger partial charge in [0.1, 0.15) is 5.82 Å². The number of aromatic nitrogens is 2. The van der Waals surface area contributed by atoms with Gasteiger partial charge >= 0.3 is 0 Å². The number of nitrogen functional groups attached to an aromatic ring is 1. The van der Waals surface area contributed by atoms with E-state index >= 15 is 0 Å². The summed E-state index contributed by atoms with van der Waals surface area (Å²) >= 11 is 1.66. The molecule has 0 unspecified atom stereocenters. The molecule has 3 N–H and O–H groups in total. The van der Waals surface area contributed by atoms with E-state index in [0.717, 1.165) is 16.3 Å². The van der Waals surface area contributed by atoms with Crippen LogP contribution in [-0.4, -0.2) is 15.5 Å². The van der Waals surface area contributed by atoms with Crippen LogP contribution >= 0.6 is 11.3 Å². The van der Waals surface area contributed by atoms with E-state index in [4.69, 9.17) is 5.84 Å². The lowest BCUT2D eigenvalue weighted by Crippen LogP contribution is -2.29. The summed E-state index contributed by atoms with van der Waals surface area (Å²) in [5.41, 5.74) is 3.76. The van der Waals surface area contributed by atoms with Crippen LogP contribution in [0.2, 0.25) is 0 Å². The van der Waals surface area contributed by atoms with E-state index in [1.54, 1.807) is 29.7 Å². The zero-order chi connectivity index (χ0) is 14.7. The molecule has 0 saturated carbocycles. The largest absolute Gasteiger partial charge is 0.326 e. The smallest absolute Gasteiger partial charge is 0.265 e. The van der Waals surface area contributed by atoms with Gasteiger partial charge < -0.3 is 4.57 Å². The lowest BCUT2D eigenvalue weighted by Gasteiger charge is -2.07. The van der Waals surface area contributed by atoms with Crippen molar-refractivity contribution in [2.75, 3.05) is 0 Å². The fourth-order valence-electron chi connectivity index (χ4n) is 2.11. The molecule has 3 rings (SSSR count). The SMILES string of the molecule is NNC(=O)c1ccc(Cn2ccnc2-c2cccs2)cc1. The van der Waals surface area contributed by atoms with Crippen molar-refractivity contribution in [2.45, 2.75) is 6.54 Å². The van der Waals surface area contributed by atoms with Gasteiger partial charge in [0.05, 0.1) is 4.88 Å². The highest BCUT2D eigenvalue weighted by molar-refractivity contribution is 7.13. The number of nitrogens with one attached hydrogen (secondary N) is 1. The minimum atomic E-state index is -0.288. The van der Waals surface area contributed by atoms with Crippen LogP contribution in [0.15, 0.2) is 54.2 Å². The summed E-state index contributed by atoms with van der Waals surface area (Å²) in [5.74, 6) is 5.78. The maximum Gasteiger partial charge on any atom is 0.265 e. The van der Waals surface area contributed by atoms with Gasteiger partial charge in [-0.05, 0) is 29.1 Å². The van der Waals surface area contributed by atoms with Crippen molar-refractivity contribution in [3.8, 4) is 10.7 Å². The van der Waals surface area contributed by atoms with Gasteiger partial charge in [0.25, 0.3) is 5.91 Å². The second-order valence-electron chi connectivity index (χ2n) is 4.53. The Morgan fingerprint density at radius 3 is 2.76 bits per heavy atom. The van der Waals surface area contributed by atoms with E-state index < -0.39 is 0 Å². The van der Waals surface area contributed by atoms with E-state index in [1.165, 1.54) is 0 Å². The average molecular weight is 298 g/mol. The predicted molar refractivity (Wildman–Crippen MR) is 82.7 cm³/mol. The molecule has 21 heavy (non-hydrogen) atoms. The fraction of sp³-hybridized carbons (Fsp3) is 0.0667. The lowest BCUT2D eigenvalue weighted by atomic mass is 10.1. The van der Waals surface area contributed by atoms with Crippen molar-refractivity contribution in [2.24, 2.45) is 5.84 Å². The summed E-state index contributed by atoms with van der Waals surface area (Å²) in [5, 5.41) is 2.04. The normalized spacial score (nSPS) is 10.5. The Bertz CT molecular complexity index is 731. The number of hydrogen-bond donors (Lipinski definition) is 2. The molecular formula is C15H14N4OS. The Labute approximate surface area is 126 Å². The molecule has 0 saturated heterocycles. The number of thiophene rings is 1. The van der Waals surface area contributed by atoms with Gasteiger partial charge in [-0.15, -0.1) is 11.3 Å². The number of nitrogens with zero attached hydrogens (tertiary/aromatic N) is 2. The summed E-state index contributed by atoms with van der Waals surface area (Å²) < 4.78 is 2.09.